The Balaban J connectivity index is 0.000000314. The van der Waals surface area contributed by atoms with Gasteiger partial charge in [-0.1, -0.05) is 37.0 Å². The molecule has 0 spiro atoms. The van der Waals surface area contributed by atoms with Crippen LogP contribution >= 0.6 is 23.2 Å². The lowest BCUT2D eigenvalue weighted by Crippen LogP contribution is -2.54. The molecule has 2 unspecified atom stereocenters. The number of piperidine rings is 1. The first-order valence-corrected chi connectivity index (χ1v) is 9.34. The Morgan fingerprint density at radius 2 is 1.81 bits per heavy atom. The Morgan fingerprint density at radius 1 is 1.19 bits per heavy atom. The smallest absolute Gasteiger partial charge is 0.247 e. The minimum atomic E-state index is -0.838. The molecule has 2 atom stereocenters. The number of hydrogen-bond acceptors (Lipinski definition) is 4. The molecule has 0 saturated carbocycles. The molecule has 1 aromatic rings. The summed E-state index contributed by atoms with van der Waals surface area (Å²) in [5, 5.41) is 22.0. The van der Waals surface area contributed by atoms with Crippen molar-refractivity contribution in [1.82, 2.24) is 10.2 Å². The van der Waals surface area contributed by atoms with Crippen LogP contribution in [0.1, 0.15) is 33.1 Å². The molecule has 0 bridgehead atoms. The van der Waals surface area contributed by atoms with Crippen LogP contribution in [0.2, 0.25) is 10.0 Å². The van der Waals surface area contributed by atoms with Crippen LogP contribution in [0, 0.1) is 5.92 Å². The van der Waals surface area contributed by atoms with E-state index in [1.807, 2.05) is 13.8 Å². The molecule has 146 valence electrons. The zero-order valence-electron chi connectivity index (χ0n) is 15.0. The second kappa shape index (κ2) is 11.3. The van der Waals surface area contributed by atoms with Crippen LogP contribution in [0.4, 0.5) is 0 Å². The van der Waals surface area contributed by atoms with Crippen LogP contribution in [-0.4, -0.2) is 52.7 Å². The predicted octanol–water partition coefficient (Wildman–Crippen LogP) is 2.83. The van der Waals surface area contributed by atoms with Crippen LogP contribution in [0.5, 0.6) is 5.75 Å². The number of phenols is 1. The Labute approximate surface area is 164 Å². The number of carbonyl (C=O) groups is 2. The minimum Gasteiger partial charge on any atom is -0.508 e. The summed E-state index contributed by atoms with van der Waals surface area (Å²) in [5.74, 6) is -0.108. The SMILES string of the molecule is CC(C)C(O)C(NC=O)C(=O)N1CCCCC1.Oc1ccc(Cl)c(Cl)c1. The van der Waals surface area contributed by atoms with Crippen LogP contribution < -0.4 is 5.32 Å². The molecule has 2 rings (SSSR count). The lowest BCUT2D eigenvalue weighted by atomic mass is 9.98. The molecule has 1 fully saturated rings. The molecule has 1 heterocycles. The van der Waals surface area contributed by atoms with Gasteiger partial charge in [0.25, 0.3) is 0 Å². The van der Waals surface area contributed by atoms with Gasteiger partial charge in [0.1, 0.15) is 11.8 Å². The van der Waals surface area contributed by atoms with Crippen molar-refractivity contribution in [2.45, 2.75) is 45.3 Å². The van der Waals surface area contributed by atoms with Crippen LogP contribution in [0.25, 0.3) is 0 Å². The maximum Gasteiger partial charge on any atom is 0.247 e. The van der Waals surface area contributed by atoms with E-state index in [9.17, 15) is 14.7 Å². The van der Waals surface area contributed by atoms with Gasteiger partial charge in [-0.2, -0.15) is 0 Å². The third-order valence-corrected chi connectivity index (χ3v) is 4.85. The quantitative estimate of drug-likeness (QED) is 0.658. The Bertz CT molecular complexity index is 593. The first-order valence-electron chi connectivity index (χ1n) is 8.58. The topological polar surface area (TPSA) is 89.9 Å². The third-order valence-electron chi connectivity index (χ3n) is 4.11. The van der Waals surface area contributed by atoms with Gasteiger partial charge in [-0.25, -0.2) is 0 Å². The van der Waals surface area contributed by atoms with Crippen molar-refractivity contribution in [2.24, 2.45) is 5.92 Å². The maximum absolute atomic E-state index is 12.2. The predicted molar refractivity (Wildman–Crippen MR) is 102 cm³/mol. The number of rotatable bonds is 5. The molecular formula is C18H26Cl2N2O4. The van der Waals surface area contributed by atoms with Gasteiger partial charge in [0.05, 0.1) is 16.1 Å². The third kappa shape index (κ3) is 7.02. The monoisotopic (exact) mass is 404 g/mol. The van der Waals surface area contributed by atoms with Crippen LogP contribution in [0.15, 0.2) is 18.2 Å². The summed E-state index contributed by atoms with van der Waals surface area (Å²) in [6.45, 7) is 5.10. The fourth-order valence-electron chi connectivity index (χ4n) is 2.57. The van der Waals surface area contributed by atoms with E-state index in [-0.39, 0.29) is 17.6 Å². The largest absolute Gasteiger partial charge is 0.508 e. The average molecular weight is 405 g/mol. The van der Waals surface area contributed by atoms with E-state index < -0.39 is 12.1 Å². The van der Waals surface area contributed by atoms with E-state index >= 15 is 0 Å². The number of phenolic OH excluding ortho intramolecular Hbond substituents is 1. The normalized spacial score (nSPS) is 16.3. The van der Waals surface area contributed by atoms with E-state index in [1.165, 1.54) is 12.1 Å². The van der Waals surface area contributed by atoms with E-state index in [0.29, 0.717) is 16.5 Å². The highest BCUT2D eigenvalue weighted by molar-refractivity contribution is 6.42. The van der Waals surface area contributed by atoms with Gasteiger partial charge in [-0.15, -0.1) is 0 Å². The number of benzene rings is 1. The summed E-state index contributed by atoms with van der Waals surface area (Å²) in [6, 6.07) is 3.60. The Kier molecular flexibility index (Phi) is 9.76. The number of aliphatic hydroxyl groups is 1. The van der Waals surface area contributed by atoms with E-state index in [0.717, 1.165) is 32.4 Å². The zero-order valence-corrected chi connectivity index (χ0v) is 16.5. The lowest BCUT2D eigenvalue weighted by Gasteiger charge is -2.33. The van der Waals surface area contributed by atoms with Gasteiger partial charge in [0.15, 0.2) is 0 Å². The number of aliphatic hydroxyl groups excluding tert-OH is 1. The number of nitrogens with zero attached hydrogens (tertiary/aromatic N) is 1. The van der Waals surface area contributed by atoms with Gasteiger partial charge >= 0.3 is 0 Å². The van der Waals surface area contributed by atoms with Gasteiger partial charge in [0.2, 0.25) is 12.3 Å². The van der Waals surface area contributed by atoms with Gasteiger partial charge in [-0.3, -0.25) is 9.59 Å². The molecular weight excluding hydrogens is 379 g/mol. The van der Waals surface area contributed by atoms with Crippen LogP contribution in [0.3, 0.4) is 0 Å². The lowest BCUT2D eigenvalue weighted by molar-refractivity contribution is -0.139. The van der Waals surface area contributed by atoms with Gasteiger partial charge in [-0.05, 0) is 43.4 Å². The fourth-order valence-corrected chi connectivity index (χ4v) is 2.86. The Morgan fingerprint density at radius 3 is 2.27 bits per heavy atom. The van der Waals surface area contributed by atoms with E-state index in [2.05, 4.69) is 5.32 Å². The molecule has 3 N–H and O–H groups in total. The highest BCUT2D eigenvalue weighted by atomic mass is 35.5. The van der Waals surface area contributed by atoms with Crippen molar-refractivity contribution >= 4 is 35.5 Å². The molecule has 8 heteroatoms. The van der Waals surface area contributed by atoms with E-state index in [1.54, 1.807) is 11.0 Å². The molecule has 0 radical (unpaired) electrons. The molecule has 2 amide bonds. The molecule has 1 saturated heterocycles. The fraction of sp³-hybridized carbons (Fsp3) is 0.556. The molecule has 1 aromatic carbocycles. The molecule has 1 aliphatic heterocycles. The van der Waals surface area contributed by atoms with Gasteiger partial charge in [0, 0.05) is 13.1 Å². The summed E-state index contributed by atoms with van der Waals surface area (Å²) in [4.78, 5) is 24.4. The molecule has 1 aliphatic rings. The summed E-state index contributed by atoms with van der Waals surface area (Å²) in [7, 11) is 0. The van der Waals surface area contributed by atoms with Crippen molar-refractivity contribution in [3.63, 3.8) is 0 Å². The zero-order chi connectivity index (χ0) is 19.7. The molecule has 6 nitrogen and oxygen atoms in total. The highest BCUT2D eigenvalue weighted by Crippen LogP contribution is 2.25. The Hall–Kier alpha value is -1.50. The molecule has 0 aliphatic carbocycles. The van der Waals surface area contributed by atoms with E-state index in [4.69, 9.17) is 28.3 Å². The number of likely N-dealkylation sites (tertiary alicyclic amines) is 1. The number of hydrogen-bond donors (Lipinski definition) is 3. The summed E-state index contributed by atoms with van der Waals surface area (Å²) in [6.07, 6.45) is 2.78. The second-order valence-corrected chi connectivity index (χ2v) is 7.30. The molecule has 0 aromatic heterocycles. The van der Waals surface area contributed by atoms with Crippen molar-refractivity contribution in [3.05, 3.63) is 28.2 Å². The van der Waals surface area contributed by atoms with Crippen molar-refractivity contribution in [3.8, 4) is 5.75 Å². The average Bonchev–Trinajstić information content (AvgIpc) is 2.63. The number of aromatic hydroxyl groups is 1. The van der Waals surface area contributed by atoms with Crippen molar-refractivity contribution in [2.75, 3.05) is 13.1 Å². The standard InChI is InChI=1S/C12H22N2O3.C6H4Cl2O/c1-9(2)11(16)10(13-8-15)12(17)14-6-4-3-5-7-14;7-5-2-1-4(9)3-6(5)8/h8-11,16H,3-7H2,1-2H3,(H,13,15);1-3,9H. The minimum absolute atomic E-state index is 0.0683. The second-order valence-electron chi connectivity index (χ2n) is 6.48. The van der Waals surface area contributed by atoms with Gasteiger partial charge < -0.3 is 20.4 Å². The highest BCUT2D eigenvalue weighted by Gasteiger charge is 2.32. The maximum atomic E-state index is 12.2. The molecule has 26 heavy (non-hydrogen) atoms. The first-order chi connectivity index (χ1) is 12.3. The van der Waals surface area contributed by atoms with Crippen molar-refractivity contribution < 1.29 is 19.8 Å². The first kappa shape index (κ1) is 22.5. The number of amides is 2. The summed E-state index contributed by atoms with van der Waals surface area (Å²) < 4.78 is 0. The number of halogens is 2. The van der Waals surface area contributed by atoms with Crippen molar-refractivity contribution in [1.29, 1.82) is 0 Å². The summed E-state index contributed by atoms with van der Waals surface area (Å²) >= 11 is 11.1. The summed E-state index contributed by atoms with van der Waals surface area (Å²) in [5.41, 5.74) is 0. The number of carbonyl (C=O) groups excluding carboxylic acids is 2. The van der Waals surface area contributed by atoms with Crippen LogP contribution in [-0.2, 0) is 9.59 Å². The number of nitrogens with one attached hydrogen (secondary N) is 1.